The molecule has 1 N–H and O–H groups in total. The summed E-state index contributed by atoms with van der Waals surface area (Å²) < 4.78 is 18.7. The van der Waals surface area contributed by atoms with Crippen molar-refractivity contribution in [3.05, 3.63) is 102 Å². The minimum absolute atomic E-state index is 0.112. The van der Waals surface area contributed by atoms with Crippen LogP contribution in [-0.4, -0.2) is 95.8 Å². The van der Waals surface area contributed by atoms with E-state index < -0.39 is 0 Å². The number of piperidine rings is 1. The third kappa shape index (κ3) is 7.94. The lowest BCUT2D eigenvalue weighted by atomic mass is 9.94. The van der Waals surface area contributed by atoms with E-state index in [0.717, 1.165) is 61.6 Å². The number of carbonyl (C=O) groups is 1. The minimum Gasteiger partial charge on any atom is -0.493 e. The van der Waals surface area contributed by atoms with E-state index in [9.17, 15) is 4.79 Å². The van der Waals surface area contributed by atoms with Crippen LogP contribution in [0.4, 0.5) is 5.95 Å². The van der Waals surface area contributed by atoms with E-state index in [1.165, 1.54) is 5.56 Å². The van der Waals surface area contributed by atoms with Crippen molar-refractivity contribution in [3.8, 4) is 17.2 Å². The smallest absolute Gasteiger partial charge is 0.253 e. The Morgan fingerprint density at radius 3 is 2.33 bits per heavy atom. The van der Waals surface area contributed by atoms with E-state index in [1.54, 1.807) is 38.4 Å². The number of methoxy groups -OCH3 is 3. The summed E-state index contributed by atoms with van der Waals surface area (Å²) in [6, 6.07) is 22.1. The van der Waals surface area contributed by atoms with Crippen LogP contribution >= 0.6 is 0 Å². The second-order valence-corrected chi connectivity index (χ2v) is 12.5. The molecule has 256 valence electrons. The SMILES string of the molecule is COc1cc(C(=O)N(C)CC(CCN2CCC(Nc3nc4ccccc4n3Cc3ccccn3)CC2)c2ccncc2)cc(OC)c1OC. The largest absolute Gasteiger partial charge is 0.493 e. The van der Waals surface area contributed by atoms with Gasteiger partial charge >= 0.3 is 0 Å². The number of anilines is 1. The average molecular weight is 664 g/mol. The summed E-state index contributed by atoms with van der Waals surface area (Å²) in [5.74, 6) is 2.28. The van der Waals surface area contributed by atoms with Crippen molar-refractivity contribution in [2.24, 2.45) is 0 Å². The predicted molar refractivity (Wildman–Crippen MR) is 191 cm³/mol. The molecule has 1 aliphatic rings. The molecule has 0 saturated carbocycles. The molecule has 3 aromatic heterocycles. The zero-order chi connectivity index (χ0) is 34.2. The van der Waals surface area contributed by atoms with Crippen molar-refractivity contribution >= 4 is 22.9 Å². The number of benzene rings is 2. The molecule has 49 heavy (non-hydrogen) atoms. The van der Waals surface area contributed by atoms with Crippen LogP contribution in [0.2, 0.25) is 0 Å². The lowest BCUT2D eigenvalue weighted by Crippen LogP contribution is -2.40. The van der Waals surface area contributed by atoms with Gasteiger partial charge in [0, 0.05) is 62.8 Å². The summed E-state index contributed by atoms with van der Waals surface area (Å²) in [6.07, 6.45) is 8.43. The van der Waals surface area contributed by atoms with Crippen molar-refractivity contribution < 1.29 is 19.0 Å². The second kappa shape index (κ2) is 15.8. The lowest BCUT2D eigenvalue weighted by molar-refractivity contribution is 0.0781. The summed E-state index contributed by atoms with van der Waals surface area (Å²) in [5.41, 5.74) is 4.73. The number of aromatic nitrogens is 4. The highest BCUT2D eigenvalue weighted by molar-refractivity contribution is 5.95. The molecular weight excluding hydrogens is 618 g/mol. The molecule has 1 unspecified atom stereocenters. The van der Waals surface area contributed by atoms with Crippen molar-refractivity contribution in [3.63, 3.8) is 0 Å². The van der Waals surface area contributed by atoms with Crippen LogP contribution in [-0.2, 0) is 6.54 Å². The first kappa shape index (κ1) is 33.7. The Kier molecular flexibility index (Phi) is 10.9. The van der Waals surface area contributed by atoms with Crippen LogP contribution in [0.5, 0.6) is 17.2 Å². The molecule has 5 aromatic rings. The van der Waals surface area contributed by atoms with E-state index in [2.05, 4.69) is 61.1 Å². The summed E-state index contributed by atoms with van der Waals surface area (Å²) in [4.78, 5) is 31.7. The first-order chi connectivity index (χ1) is 24.0. The fourth-order valence-corrected chi connectivity index (χ4v) is 6.66. The number of ether oxygens (including phenoxy) is 3. The number of pyridine rings is 2. The van der Waals surface area contributed by atoms with Crippen molar-refractivity contribution in [1.29, 1.82) is 0 Å². The summed E-state index contributed by atoms with van der Waals surface area (Å²) in [5, 5.41) is 3.77. The zero-order valence-corrected chi connectivity index (χ0v) is 28.7. The van der Waals surface area contributed by atoms with Gasteiger partial charge in [0.2, 0.25) is 11.7 Å². The maximum atomic E-state index is 13.7. The fourth-order valence-electron chi connectivity index (χ4n) is 6.66. The number of para-hydroxylation sites is 2. The molecule has 4 heterocycles. The lowest BCUT2D eigenvalue weighted by Gasteiger charge is -2.34. The highest BCUT2D eigenvalue weighted by Crippen LogP contribution is 2.38. The molecule has 1 aliphatic heterocycles. The van der Waals surface area contributed by atoms with Gasteiger partial charge in [-0.05, 0) is 79.9 Å². The van der Waals surface area contributed by atoms with Gasteiger partial charge < -0.3 is 33.9 Å². The van der Waals surface area contributed by atoms with Crippen LogP contribution in [0.15, 0.2) is 85.3 Å². The van der Waals surface area contributed by atoms with E-state index in [0.29, 0.717) is 41.9 Å². The quantitative estimate of drug-likeness (QED) is 0.160. The standard InChI is InChI=1S/C38H45N7O4/c1-43(37(46)29-23-34(47-2)36(49-4)35(24-29)48-3)25-28(27-12-18-39-19-13-27)14-20-44-21-15-30(16-22-44)41-38-42-32-10-5-6-11-33(32)45(38)26-31-9-7-8-17-40-31/h5-13,17-19,23-24,28,30H,14-16,20-22,25-26H2,1-4H3,(H,41,42). The first-order valence-corrected chi connectivity index (χ1v) is 16.8. The summed E-state index contributed by atoms with van der Waals surface area (Å²) in [7, 11) is 6.49. The molecule has 2 aromatic carbocycles. The second-order valence-electron chi connectivity index (χ2n) is 12.5. The molecule has 11 nitrogen and oxygen atoms in total. The van der Waals surface area contributed by atoms with E-state index in [-0.39, 0.29) is 11.8 Å². The zero-order valence-electron chi connectivity index (χ0n) is 28.7. The number of hydrogen-bond donors (Lipinski definition) is 1. The molecule has 1 atom stereocenters. The third-order valence-electron chi connectivity index (χ3n) is 9.35. The van der Waals surface area contributed by atoms with Crippen LogP contribution < -0.4 is 19.5 Å². The number of fused-ring (bicyclic) bond motifs is 1. The molecule has 1 saturated heterocycles. The summed E-state index contributed by atoms with van der Waals surface area (Å²) >= 11 is 0. The van der Waals surface area contributed by atoms with Gasteiger partial charge in [-0.2, -0.15) is 0 Å². The van der Waals surface area contributed by atoms with Gasteiger partial charge in [-0.3, -0.25) is 14.8 Å². The molecule has 1 fully saturated rings. The maximum absolute atomic E-state index is 13.7. The number of imidazole rings is 1. The van der Waals surface area contributed by atoms with Gasteiger partial charge in [-0.15, -0.1) is 0 Å². The number of rotatable bonds is 14. The Morgan fingerprint density at radius 1 is 0.939 bits per heavy atom. The molecule has 0 spiro atoms. The molecule has 0 bridgehead atoms. The van der Waals surface area contributed by atoms with E-state index >= 15 is 0 Å². The number of likely N-dealkylation sites (N-methyl/N-ethyl adjacent to an activating group) is 1. The Hall–Kier alpha value is -5.16. The highest BCUT2D eigenvalue weighted by atomic mass is 16.5. The van der Waals surface area contributed by atoms with Crippen LogP contribution in [0.1, 0.15) is 46.8 Å². The van der Waals surface area contributed by atoms with Gasteiger partial charge in [0.25, 0.3) is 5.91 Å². The van der Waals surface area contributed by atoms with Gasteiger partial charge in [-0.25, -0.2) is 4.98 Å². The van der Waals surface area contributed by atoms with Gasteiger partial charge in [0.05, 0.1) is 44.6 Å². The van der Waals surface area contributed by atoms with Crippen molar-refractivity contribution in [2.75, 3.05) is 59.9 Å². The number of carbonyl (C=O) groups excluding carboxylic acids is 1. The minimum atomic E-state index is -0.112. The van der Waals surface area contributed by atoms with Gasteiger partial charge in [0.1, 0.15) is 0 Å². The van der Waals surface area contributed by atoms with Crippen molar-refractivity contribution in [1.82, 2.24) is 29.3 Å². The number of likely N-dealkylation sites (tertiary alicyclic amines) is 1. The number of nitrogens with zero attached hydrogens (tertiary/aromatic N) is 6. The molecular formula is C38H45N7O4. The van der Waals surface area contributed by atoms with E-state index in [1.807, 2.05) is 43.8 Å². The monoisotopic (exact) mass is 663 g/mol. The number of amides is 1. The van der Waals surface area contributed by atoms with Gasteiger partial charge in [-0.1, -0.05) is 18.2 Å². The molecule has 6 rings (SSSR count). The predicted octanol–water partition coefficient (Wildman–Crippen LogP) is 5.72. The number of hydrogen-bond acceptors (Lipinski definition) is 9. The van der Waals surface area contributed by atoms with Crippen LogP contribution in [0, 0.1) is 0 Å². The molecule has 11 heteroatoms. The third-order valence-corrected chi connectivity index (χ3v) is 9.35. The van der Waals surface area contributed by atoms with Crippen LogP contribution in [0.25, 0.3) is 11.0 Å². The molecule has 0 radical (unpaired) electrons. The molecule has 1 amide bonds. The normalized spacial score (nSPS) is 14.4. The first-order valence-electron chi connectivity index (χ1n) is 16.8. The maximum Gasteiger partial charge on any atom is 0.253 e. The Morgan fingerprint density at radius 2 is 1.65 bits per heavy atom. The highest BCUT2D eigenvalue weighted by Gasteiger charge is 2.25. The average Bonchev–Trinajstić information content (AvgIpc) is 3.49. The van der Waals surface area contributed by atoms with Crippen LogP contribution in [0.3, 0.4) is 0 Å². The summed E-state index contributed by atoms with van der Waals surface area (Å²) in [6.45, 7) is 4.13. The van der Waals surface area contributed by atoms with Gasteiger partial charge in [0.15, 0.2) is 11.5 Å². The number of nitrogens with one attached hydrogen (secondary N) is 1. The Labute approximate surface area is 287 Å². The van der Waals surface area contributed by atoms with Crippen molar-refractivity contribution in [2.45, 2.75) is 37.8 Å². The van der Waals surface area contributed by atoms with E-state index in [4.69, 9.17) is 19.2 Å². The molecule has 0 aliphatic carbocycles. The topological polar surface area (TPSA) is 107 Å². The fraction of sp³-hybridized carbons (Fsp3) is 0.368. The Balaban J connectivity index is 1.08. The Bertz CT molecular complexity index is 1800.